The summed E-state index contributed by atoms with van der Waals surface area (Å²) in [6.07, 6.45) is 5.25. The molecule has 32 heavy (non-hydrogen) atoms. The lowest BCUT2D eigenvalue weighted by atomic mass is 9.98. The van der Waals surface area contributed by atoms with E-state index in [4.69, 9.17) is 9.47 Å². The summed E-state index contributed by atoms with van der Waals surface area (Å²) in [4.78, 5) is 2.43. The predicted molar refractivity (Wildman–Crippen MR) is 137 cm³/mol. The zero-order valence-electron chi connectivity index (χ0n) is 20.6. The number of rotatable bonds is 12. The largest absolute Gasteiger partial charge is 0.491 e. The number of allylic oxidation sites excluding steroid dienone is 1. The summed E-state index contributed by atoms with van der Waals surface area (Å²) in [5, 5.41) is 4.19. The van der Waals surface area contributed by atoms with E-state index >= 15 is 0 Å². The minimum atomic E-state index is -0.356. The molecular weight excluding hydrogens is 414 g/mol. The molecule has 0 N–H and O–H groups in total. The van der Waals surface area contributed by atoms with Crippen LogP contribution in [-0.2, 0) is 17.9 Å². The van der Waals surface area contributed by atoms with E-state index in [2.05, 4.69) is 99.4 Å². The lowest BCUT2D eigenvalue weighted by Gasteiger charge is -2.25. The minimum absolute atomic E-state index is 0.0391. The normalized spacial score (nSPS) is 12.2. The second-order valence-corrected chi connectivity index (χ2v) is 10.6. The third-order valence-corrected chi connectivity index (χ3v) is 5.38. The molecule has 0 fully saturated rings. The number of benzene rings is 1. The molecule has 2 rings (SSSR count). The van der Waals surface area contributed by atoms with Crippen molar-refractivity contribution < 1.29 is 9.47 Å². The van der Waals surface area contributed by atoms with Crippen molar-refractivity contribution in [3.05, 3.63) is 64.4 Å². The van der Waals surface area contributed by atoms with E-state index in [1.165, 1.54) is 11.1 Å². The van der Waals surface area contributed by atoms with Crippen molar-refractivity contribution in [1.82, 2.24) is 4.90 Å². The van der Waals surface area contributed by atoms with Crippen LogP contribution < -0.4 is 4.74 Å². The van der Waals surface area contributed by atoms with Crippen LogP contribution in [0.4, 0.5) is 0 Å². The van der Waals surface area contributed by atoms with E-state index in [0.29, 0.717) is 13.2 Å². The summed E-state index contributed by atoms with van der Waals surface area (Å²) >= 11 is 1.69. The van der Waals surface area contributed by atoms with Crippen LogP contribution >= 0.6 is 11.3 Å². The van der Waals surface area contributed by atoms with Gasteiger partial charge in [0.05, 0.1) is 12.2 Å². The fraction of sp³-hybridized carbons (Fsp3) is 0.500. The van der Waals surface area contributed by atoms with Crippen molar-refractivity contribution in [2.45, 2.75) is 66.7 Å². The smallest absolute Gasteiger partial charge is 0.119 e. The van der Waals surface area contributed by atoms with Gasteiger partial charge in [-0.25, -0.2) is 0 Å². The van der Waals surface area contributed by atoms with Gasteiger partial charge in [-0.1, -0.05) is 37.0 Å². The molecule has 0 aliphatic carbocycles. The van der Waals surface area contributed by atoms with Crippen LogP contribution in [0.3, 0.4) is 0 Å². The second kappa shape index (κ2) is 12.8. The first-order chi connectivity index (χ1) is 15.2. The standard InChI is InChI=1S/C28H39NO2S/c1-7-16-29(17-10-8-9-15-27(2,3)4)20-24-12-11-13-26(19-24)30-23-28(5,6)31-21-25-14-18-32-22-25/h8,10-14,18-19,22H,7,16-17,20-21,23H2,1-6H3/b10-8+. The van der Waals surface area contributed by atoms with Crippen molar-refractivity contribution in [3.63, 3.8) is 0 Å². The molecule has 0 aliphatic heterocycles. The Morgan fingerprint density at radius 3 is 2.59 bits per heavy atom. The number of thiophene rings is 1. The van der Waals surface area contributed by atoms with Crippen LogP contribution in [0.25, 0.3) is 0 Å². The van der Waals surface area contributed by atoms with Gasteiger partial charge in [0.1, 0.15) is 12.4 Å². The van der Waals surface area contributed by atoms with E-state index in [1.807, 2.05) is 12.1 Å². The molecule has 0 amide bonds. The van der Waals surface area contributed by atoms with E-state index in [-0.39, 0.29) is 11.0 Å². The number of hydrogen-bond acceptors (Lipinski definition) is 4. The molecule has 1 aromatic heterocycles. The fourth-order valence-corrected chi connectivity index (χ4v) is 3.67. The maximum Gasteiger partial charge on any atom is 0.119 e. The lowest BCUT2D eigenvalue weighted by molar-refractivity contribution is -0.0568. The zero-order valence-corrected chi connectivity index (χ0v) is 21.4. The maximum atomic E-state index is 6.09. The predicted octanol–water partition coefficient (Wildman–Crippen LogP) is 6.94. The second-order valence-electron chi connectivity index (χ2n) is 9.77. The number of ether oxygens (including phenoxy) is 2. The Morgan fingerprint density at radius 1 is 1.09 bits per heavy atom. The molecule has 2 aromatic rings. The minimum Gasteiger partial charge on any atom is -0.491 e. The van der Waals surface area contributed by atoms with Crippen LogP contribution in [-0.4, -0.2) is 30.2 Å². The summed E-state index contributed by atoms with van der Waals surface area (Å²) in [6.45, 7) is 16.7. The highest BCUT2D eigenvalue weighted by Gasteiger charge is 2.20. The Kier molecular flexibility index (Phi) is 10.5. The fourth-order valence-electron chi connectivity index (χ4n) is 3.01. The summed E-state index contributed by atoms with van der Waals surface area (Å²) in [7, 11) is 0. The van der Waals surface area contributed by atoms with E-state index < -0.39 is 0 Å². The quantitative estimate of drug-likeness (QED) is 0.325. The molecular formula is C28H39NO2S. The Morgan fingerprint density at radius 2 is 1.91 bits per heavy atom. The van der Waals surface area contributed by atoms with Gasteiger partial charge < -0.3 is 9.47 Å². The Bertz CT molecular complexity index is 882. The topological polar surface area (TPSA) is 21.7 Å². The molecule has 3 nitrogen and oxygen atoms in total. The van der Waals surface area contributed by atoms with Gasteiger partial charge >= 0.3 is 0 Å². The van der Waals surface area contributed by atoms with E-state index in [0.717, 1.165) is 31.8 Å². The highest BCUT2D eigenvalue weighted by Crippen LogP contribution is 2.20. The monoisotopic (exact) mass is 453 g/mol. The third kappa shape index (κ3) is 11.0. The van der Waals surface area contributed by atoms with E-state index in [1.54, 1.807) is 11.3 Å². The molecule has 0 saturated heterocycles. The maximum absolute atomic E-state index is 6.09. The highest BCUT2D eigenvalue weighted by molar-refractivity contribution is 7.07. The SMILES string of the molecule is CCCN(C/C=C/C#CC(C)(C)C)Cc1cccc(OCC(C)(C)OCc2ccsc2)c1. The summed E-state index contributed by atoms with van der Waals surface area (Å²) in [5.41, 5.74) is 2.14. The van der Waals surface area contributed by atoms with E-state index in [9.17, 15) is 0 Å². The van der Waals surface area contributed by atoms with Crippen LogP contribution in [0, 0.1) is 17.3 Å². The number of nitrogens with zero attached hydrogens (tertiary/aromatic N) is 1. The van der Waals surface area contributed by atoms with Crippen molar-refractivity contribution in [2.24, 2.45) is 5.41 Å². The summed E-state index contributed by atoms with van der Waals surface area (Å²) in [5.74, 6) is 7.29. The average molecular weight is 454 g/mol. The first kappa shape index (κ1) is 26.2. The first-order valence-corrected chi connectivity index (χ1v) is 12.4. The van der Waals surface area contributed by atoms with Gasteiger partial charge in [0.15, 0.2) is 0 Å². The Hall–Kier alpha value is -2.06. The Balaban J connectivity index is 1.88. The molecule has 0 spiro atoms. The molecule has 0 atom stereocenters. The highest BCUT2D eigenvalue weighted by atomic mass is 32.1. The van der Waals surface area contributed by atoms with Gasteiger partial charge in [-0.15, -0.1) is 0 Å². The molecule has 0 saturated carbocycles. The summed E-state index contributed by atoms with van der Waals surface area (Å²) < 4.78 is 12.2. The van der Waals surface area contributed by atoms with Crippen LogP contribution in [0.15, 0.2) is 53.2 Å². The van der Waals surface area contributed by atoms with Gasteiger partial charge in [0, 0.05) is 18.5 Å². The molecule has 0 unspecified atom stereocenters. The molecule has 174 valence electrons. The number of hydrogen-bond donors (Lipinski definition) is 0. The Labute approximate surface area is 199 Å². The van der Waals surface area contributed by atoms with Crippen LogP contribution in [0.1, 0.15) is 59.1 Å². The average Bonchev–Trinajstić information content (AvgIpc) is 3.24. The van der Waals surface area contributed by atoms with Gasteiger partial charge in [-0.2, -0.15) is 11.3 Å². The molecule has 1 aromatic carbocycles. The first-order valence-electron chi connectivity index (χ1n) is 11.4. The lowest BCUT2D eigenvalue weighted by Crippen LogP contribution is -2.32. The molecule has 0 aliphatic rings. The van der Waals surface area contributed by atoms with Gasteiger partial charge in [-0.3, -0.25) is 4.90 Å². The zero-order chi connectivity index (χ0) is 23.5. The summed E-state index contributed by atoms with van der Waals surface area (Å²) in [6, 6.07) is 10.5. The van der Waals surface area contributed by atoms with Crippen LogP contribution in [0.5, 0.6) is 5.75 Å². The van der Waals surface area contributed by atoms with Crippen molar-refractivity contribution in [1.29, 1.82) is 0 Å². The van der Waals surface area contributed by atoms with Gasteiger partial charge in [0.25, 0.3) is 0 Å². The third-order valence-electron chi connectivity index (χ3n) is 4.65. The molecule has 0 radical (unpaired) electrons. The van der Waals surface area contributed by atoms with Crippen molar-refractivity contribution in [2.75, 3.05) is 19.7 Å². The van der Waals surface area contributed by atoms with Gasteiger partial charge in [0.2, 0.25) is 0 Å². The van der Waals surface area contributed by atoms with Crippen LogP contribution in [0.2, 0.25) is 0 Å². The molecule has 4 heteroatoms. The molecule has 1 heterocycles. The van der Waals surface area contributed by atoms with Crippen molar-refractivity contribution >= 4 is 11.3 Å². The molecule has 0 bridgehead atoms. The van der Waals surface area contributed by atoms with Gasteiger partial charge in [-0.05, 0) is 93.7 Å². The van der Waals surface area contributed by atoms with Crippen molar-refractivity contribution in [3.8, 4) is 17.6 Å².